The van der Waals surface area contributed by atoms with Gasteiger partial charge in [0.25, 0.3) is 5.91 Å². The minimum atomic E-state index is -0.501. The highest BCUT2D eigenvalue weighted by Gasteiger charge is 2.36. The molecule has 2 aromatic rings. The van der Waals surface area contributed by atoms with Crippen LogP contribution in [0.3, 0.4) is 0 Å². The third-order valence-electron chi connectivity index (χ3n) is 4.70. The van der Waals surface area contributed by atoms with Crippen LogP contribution in [-0.2, 0) is 9.63 Å². The van der Waals surface area contributed by atoms with Crippen molar-refractivity contribution in [2.24, 2.45) is 11.1 Å². The van der Waals surface area contributed by atoms with Crippen LogP contribution in [0.5, 0.6) is 0 Å². The van der Waals surface area contributed by atoms with Crippen LogP contribution in [-0.4, -0.2) is 27.3 Å². The number of carbonyl (C=O) groups excluding carboxylic acids is 1. The van der Waals surface area contributed by atoms with E-state index in [2.05, 4.69) is 15.5 Å². The van der Waals surface area contributed by atoms with Gasteiger partial charge in [0.2, 0.25) is 6.10 Å². The summed E-state index contributed by atoms with van der Waals surface area (Å²) in [6, 6.07) is 7.70. The van der Waals surface area contributed by atoms with Gasteiger partial charge in [-0.15, -0.1) is 0 Å². The van der Waals surface area contributed by atoms with Crippen LogP contribution in [0.4, 0.5) is 5.69 Å². The Bertz CT molecular complexity index is 803. The summed E-state index contributed by atoms with van der Waals surface area (Å²) in [5.41, 5.74) is 4.92. The van der Waals surface area contributed by atoms with Gasteiger partial charge >= 0.3 is 0 Å². The summed E-state index contributed by atoms with van der Waals surface area (Å²) in [6.45, 7) is 4.02. The number of rotatable bonds is 4. The summed E-state index contributed by atoms with van der Waals surface area (Å²) >= 11 is 0. The maximum atomic E-state index is 12.3. The molecule has 0 saturated heterocycles. The molecule has 1 aromatic carbocycles. The van der Waals surface area contributed by atoms with Gasteiger partial charge in [0, 0.05) is 29.4 Å². The second-order valence-electron chi connectivity index (χ2n) is 6.48. The molecule has 6 heteroatoms. The lowest BCUT2D eigenvalue weighted by Gasteiger charge is -2.11. The first kappa shape index (κ1) is 14.9. The molecule has 1 atom stereocenters. The largest absolute Gasteiger partial charge is 0.382 e. The molecule has 1 N–H and O–H groups in total. The predicted octanol–water partition coefficient (Wildman–Crippen LogP) is 2.98. The van der Waals surface area contributed by atoms with E-state index in [4.69, 9.17) is 4.84 Å². The summed E-state index contributed by atoms with van der Waals surface area (Å²) in [6.07, 6.45) is 4.26. The van der Waals surface area contributed by atoms with Crippen LogP contribution < -0.4 is 5.32 Å². The second kappa shape index (κ2) is 5.78. The molecule has 2 heterocycles. The van der Waals surface area contributed by atoms with E-state index in [0.717, 1.165) is 28.5 Å². The van der Waals surface area contributed by atoms with Crippen LogP contribution in [0.2, 0.25) is 0 Å². The van der Waals surface area contributed by atoms with Crippen molar-refractivity contribution in [3.8, 4) is 5.69 Å². The number of aryl methyl sites for hydroxylation is 1. The molecular formula is C18H20N4O2. The molecule has 1 aliphatic heterocycles. The van der Waals surface area contributed by atoms with Gasteiger partial charge in [0.15, 0.2) is 0 Å². The van der Waals surface area contributed by atoms with Crippen LogP contribution in [0.15, 0.2) is 35.7 Å². The first-order valence-corrected chi connectivity index (χ1v) is 8.26. The van der Waals surface area contributed by atoms with Crippen molar-refractivity contribution in [2.45, 2.75) is 39.2 Å². The zero-order chi connectivity index (χ0) is 16.7. The second-order valence-corrected chi connectivity index (χ2v) is 6.48. The topological polar surface area (TPSA) is 68.5 Å². The highest BCUT2D eigenvalue weighted by Crippen LogP contribution is 2.35. The van der Waals surface area contributed by atoms with E-state index < -0.39 is 6.10 Å². The number of aromatic nitrogens is 2. The number of anilines is 1. The molecule has 4 rings (SSSR count). The minimum Gasteiger partial charge on any atom is -0.382 e. The average Bonchev–Trinajstić information content (AvgIpc) is 3.22. The summed E-state index contributed by atoms with van der Waals surface area (Å²) < 4.78 is 2.02. The lowest BCUT2D eigenvalue weighted by atomic mass is 10.1. The monoisotopic (exact) mass is 324 g/mol. The van der Waals surface area contributed by atoms with E-state index in [1.165, 1.54) is 12.8 Å². The average molecular weight is 324 g/mol. The van der Waals surface area contributed by atoms with E-state index in [-0.39, 0.29) is 5.91 Å². The Morgan fingerprint density at radius 3 is 2.62 bits per heavy atom. The van der Waals surface area contributed by atoms with Crippen molar-refractivity contribution < 1.29 is 9.63 Å². The van der Waals surface area contributed by atoms with Gasteiger partial charge in [-0.05, 0) is 51.0 Å². The minimum absolute atomic E-state index is 0.142. The fourth-order valence-corrected chi connectivity index (χ4v) is 2.88. The smallest absolute Gasteiger partial charge is 0.268 e. The third-order valence-corrected chi connectivity index (χ3v) is 4.70. The molecular weight excluding hydrogens is 304 g/mol. The molecule has 0 radical (unpaired) electrons. The van der Waals surface area contributed by atoms with Crippen molar-refractivity contribution >= 4 is 17.3 Å². The number of benzene rings is 1. The Kier molecular flexibility index (Phi) is 3.59. The standard InChI is InChI=1S/C18H20N4O2/c1-11-12(2)22(10-19-11)15-7-5-14(6-8-15)20-18(23)17-9-16(21-24-17)13-3-4-13/h5-8,10,13,17H,3-4,9H2,1-2H3,(H,20,23). The highest BCUT2D eigenvalue weighted by atomic mass is 16.6. The zero-order valence-electron chi connectivity index (χ0n) is 13.8. The normalized spacial score (nSPS) is 19.8. The van der Waals surface area contributed by atoms with Crippen molar-refractivity contribution in [1.29, 1.82) is 0 Å². The van der Waals surface area contributed by atoms with Crippen molar-refractivity contribution in [1.82, 2.24) is 9.55 Å². The number of imidazole rings is 1. The van der Waals surface area contributed by atoms with Crippen molar-refractivity contribution in [3.63, 3.8) is 0 Å². The Morgan fingerprint density at radius 2 is 2.00 bits per heavy atom. The molecule has 0 spiro atoms. The third kappa shape index (κ3) is 2.79. The molecule has 1 aromatic heterocycles. The van der Waals surface area contributed by atoms with Crippen molar-refractivity contribution in [2.75, 3.05) is 5.32 Å². The Balaban J connectivity index is 1.40. The maximum Gasteiger partial charge on any atom is 0.268 e. The number of carbonyl (C=O) groups is 1. The van der Waals surface area contributed by atoms with Crippen molar-refractivity contribution in [3.05, 3.63) is 42.0 Å². The molecule has 1 amide bonds. The molecule has 0 bridgehead atoms. The highest BCUT2D eigenvalue weighted by molar-refractivity contribution is 6.00. The summed E-state index contributed by atoms with van der Waals surface area (Å²) in [5.74, 6) is 0.403. The molecule has 1 aliphatic carbocycles. The summed E-state index contributed by atoms with van der Waals surface area (Å²) in [5, 5.41) is 6.95. The first-order valence-electron chi connectivity index (χ1n) is 8.26. The van der Waals surface area contributed by atoms with Crippen LogP contribution in [0.1, 0.15) is 30.7 Å². The lowest BCUT2D eigenvalue weighted by Crippen LogP contribution is -2.28. The number of hydrogen-bond donors (Lipinski definition) is 1. The van der Waals surface area contributed by atoms with Gasteiger partial charge in [-0.25, -0.2) is 4.98 Å². The number of oxime groups is 1. The molecule has 6 nitrogen and oxygen atoms in total. The fourth-order valence-electron chi connectivity index (χ4n) is 2.88. The SMILES string of the molecule is Cc1ncn(-c2ccc(NC(=O)C3CC(C4CC4)=NO3)cc2)c1C. The molecule has 24 heavy (non-hydrogen) atoms. The van der Waals surface area contributed by atoms with E-state index >= 15 is 0 Å². The quantitative estimate of drug-likeness (QED) is 0.940. The summed E-state index contributed by atoms with van der Waals surface area (Å²) in [7, 11) is 0. The number of nitrogens with one attached hydrogen (secondary N) is 1. The van der Waals surface area contributed by atoms with Gasteiger partial charge in [-0.1, -0.05) is 5.16 Å². The Labute approximate surface area is 140 Å². The molecule has 124 valence electrons. The van der Waals surface area contributed by atoms with E-state index in [9.17, 15) is 4.79 Å². The first-order chi connectivity index (χ1) is 11.6. The van der Waals surface area contributed by atoms with Crippen LogP contribution in [0, 0.1) is 19.8 Å². The van der Waals surface area contributed by atoms with Gasteiger partial charge in [-0.3, -0.25) is 4.79 Å². The van der Waals surface area contributed by atoms with Gasteiger partial charge < -0.3 is 14.7 Å². The lowest BCUT2D eigenvalue weighted by molar-refractivity contribution is -0.125. The van der Waals surface area contributed by atoms with E-state index in [1.54, 1.807) is 6.33 Å². The van der Waals surface area contributed by atoms with Crippen LogP contribution in [0.25, 0.3) is 5.69 Å². The Hall–Kier alpha value is -2.63. The predicted molar refractivity (Wildman–Crippen MR) is 91.3 cm³/mol. The van der Waals surface area contributed by atoms with E-state index in [0.29, 0.717) is 12.3 Å². The number of amides is 1. The van der Waals surface area contributed by atoms with Crippen LogP contribution >= 0.6 is 0 Å². The molecule has 1 unspecified atom stereocenters. The molecule has 1 saturated carbocycles. The Morgan fingerprint density at radius 1 is 1.25 bits per heavy atom. The van der Waals surface area contributed by atoms with Gasteiger partial charge in [0.1, 0.15) is 0 Å². The zero-order valence-corrected chi connectivity index (χ0v) is 13.8. The summed E-state index contributed by atoms with van der Waals surface area (Å²) in [4.78, 5) is 21.9. The molecule has 2 aliphatic rings. The maximum absolute atomic E-state index is 12.3. The number of hydrogen-bond acceptors (Lipinski definition) is 4. The van der Waals surface area contributed by atoms with E-state index in [1.807, 2.05) is 42.7 Å². The van der Waals surface area contributed by atoms with Gasteiger partial charge in [-0.2, -0.15) is 0 Å². The molecule has 1 fully saturated rings. The number of nitrogens with zero attached hydrogens (tertiary/aromatic N) is 3. The fraction of sp³-hybridized carbons (Fsp3) is 0.389. The van der Waals surface area contributed by atoms with Gasteiger partial charge in [0.05, 0.1) is 17.7 Å².